The number of anilines is 2. The average molecular weight is 312 g/mol. The molecule has 2 heterocycles. The minimum atomic E-state index is 0.0304. The van der Waals surface area contributed by atoms with Crippen molar-refractivity contribution >= 4 is 40.0 Å². The molecule has 0 radical (unpaired) electrons. The lowest BCUT2D eigenvalue weighted by molar-refractivity contribution is 0.0759. The molecule has 0 bridgehead atoms. The molecule has 2 aliphatic rings. The molecule has 1 saturated heterocycles. The van der Waals surface area contributed by atoms with Crippen molar-refractivity contribution in [2.75, 3.05) is 24.1 Å². The number of nitrogens with one attached hydrogen (secondary N) is 1. The van der Waals surface area contributed by atoms with Gasteiger partial charge in [-0.3, -0.25) is 4.79 Å². The van der Waals surface area contributed by atoms with Crippen molar-refractivity contribution < 1.29 is 4.79 Å². The summed E-state index contributed by atoms with van der Waals surface area (Å²) in [5.41, 5.74) is 5.92. The second-order valence-electron chi connectivity index (χ2n) is 5.62. The number of carbonyl (C=O) groups excluding carboxylic acids is 1. The van der Waals surface area contributed by atoms with E-state index in [9.17, 15) is 4.79 Å². The highest BCUT2D eigenvalue weighted by Gasteiger charge is 2.30. The Morgan fingerprint density at radius 3 is 2.60 bits per heavy atom. The molecule has 20 heavy (non-hydrogen) atoms. The molecule has 0 spiro atoms. The molecule has 1 aliphatic heterocycles. The number of thiazole rings is 1. The molecular weight excluding hydrogens is 292 g/mol. The third kappa shape index (κ3) is 3.03. The molecule has 7 heteroatoms. The van der Waals surface area contributed by atoms with E-state index in [-0.39, 0.29) is 5.91 Å². The Morgan fingerprint density at radius 2 is 2.00 bits per heavy atom. The number of carbonyl (C=O) groups is 1. The first-order valence-corrected chi connectivity index (χ1v) is 8.76. The highest BCUT2D eigenvalue weighted by Crippen LogP contribution is 2.32. The zero-order valence-corrected chi connectivity index (χ0v) is 13.4. The molecule has 110 valence electrons. The smallest absolute Gasteiger partial charge is 0.267 e. The van der Waals surface area contributed by atoms with Crippen LogP contribution in [0.5, 0.6) is 0 Å². The highest BCUT2D eigenvalue weighted by atomic mass is 32.2. The van der Waals surface area contributed by atoms with Crippen molar-refractivity contribution in [3.05, 3.63) is 4.88 Å². The van der Waals surface area contributed by atoms with Crippen LogP contribution < -0.4 is 11.1 Å². The van der Waals surface area contributed by atoms with Crippen molar-refractivity contribution in [2.24, 2.45) is 0 Å². The van der Waals surface area contributed by atoms with Gasteiger partial charge in [-0.1, -0.05) is 25.2 Å². The molecule has 3 N–H and O–H groups in total. The first-order valence-electron chi connectivity index (χ1n) is 7.00. The molecule has 2 unspecified atom stereocenters. The van der Waals surface area contributed by atoms with Gasteiger partial charge >= 0.3 is 0 Å². The third-order valence-corrected chi connectivity index (χ3v) is 5.68. The fourth-order valence-corrected chi connectivity index (χ4v) is 4.69. The SMILES string of the molecule is CC1CN(C(=O)c2sc(NC3CC3)nc2N)CC(C)S1. The van der Waals surface area contributed by atoms with Gasteiger partial charge in [0, 0.05) is 29.6 Å². The zero-order valence-electron chi connectivity index (χ0n) is 11.8. The average Bonchev–Trinajstić information content (AvgIpc) is 3.10. The van der Waals surface area contributed by atoms with E-state index in [2.05, 4.69) is 24.1 Å². The molecule has 1 amide bonds. The summed E-state index contributed by atoms with van der Waals surface area (Å²) in [6.45, 7) is 5.90. The predicted molar refractivity (Wildman–Crippen MR) is 85.6 cm³/mol. The Hall–Kier alpha value is -0.950. The molecule has 0 aromatic carbocycles. The van der Waals surface area contributed by atoms with E-state index < -0.39 is 0 Å². The second kappa shape index (κ2) is 5.44. The molecule has 1 saturated carbocycles. The van der Waals surface area contributed by atoms with Crippen LogP contribution in [0.25, 0.3) is 0 Å². The molecule has 2 fully saturated rings. The van der Waals surface area contributed by atoms with Gasteiger partial charge in [-0.2, -0.15) is 11.8 Å². The van der Waals surface area contributed by atoms with Gasteiger partial charge in [-0.15, -0.1) is 0 Å². The number of nitrogen functional groups attached to an aromatic ring is 1. The van der Waals surface area contributed by atoms with Crippen molar-refractivity contribution in [3.63, 3.8) is 0 Å². The highest BCUT2D eigenvalue weighted by molar-refractivity contribution is 8.00. The van der Waals surface area contributed by atoms with Crippen LogP contribution in [0.4, 0.5) is 10.9 Å². The van der Waals surface area contributed by atoms with Crippen LogP contribution in [0, 0.1) is 0 Å². The van der Waals surface area contributed by atoms with E-state index in [1.807, 2.05) is 16.7 Å². The number of rotatable bonds is 3. The third-order valence-electron chi connectivity index (χ3n) is 3.46. The van der Waals surface area contributed by atoms with E-state index in [4.69, 9.17) is 5.73 Å². The topological polar surface area (TPSA) is 71.2 Å². The maximum Gasteiger partial charge on any atom is 0.267 e. The summed E-state index contributed by atoms with van der Waals surface area (Å²) in [7, 11) is 0. The summed E-state index contributed by atoms with van der Waals surface area (Å²) in [5.74, 6) is 0.393. The Balaban J connectivity index is 1.73. The fraction of sp³-hybridized carbons (Fsp3) is 0.692. The van der Waals surface area contributed by atoms with Crippen LogP contribution in [0.15, 0.2) is 0 Å². The minimum absolute atomic E-state index is 0.0304. The lowest BCUT2D eigenvalue weighted by Gasteiger charge is -2.34. The van der Waals surface area contributed by atoms with Crippen molar-refractivity contribution in [2.45, 2.75) is 43.2 Å². The number of amides is 1. The van der Waals surface area contributed by atoms with Gasteiger partial charge in [-0.05, 0) is 12.8 Å². The lowest BCUT2D eigenvalue weighted by Crippen LogP contribution is -2.43. The molecule has 5 nitrogen and oxygen atoms in total. The summed E-state index contributed by atoms with van der Waals surface area (Å²) in [6.07, 6.45) is 2.36. The lowest BCUT2D eigenvalue weighted by atomic mass is 10.3. The van der Waals surface area contributed by atoms with Crippen molar-refractivity contribution in [3.8, 4) is 0 Å². The fourth-order valence-electron chi connectivity index (χ4n) is 2.44. The number of aromatic nitrogens is 1. The molecule has 1 aliphatic carbocycles. The second-order valence-corrected chi connectivity index (χ2v) is 8.50. The maximum absolute atomic E-state index is 12.6. The normalized spacial score (nSPS) is 26.6. The quantitative estimate of drug-likeness (QED) is 0.896. The van der Waals surface area contributed by atoms with Crippen molar-refractivity contribution in [1.29, 1.82) is 0 Å². The van der Waals surface area contributed by atoms with Gasteiger partial charge in [0.25, 0.3) is 5.91 Å². The summed E-state index contributed by atoms with van der Waals surface area (Å²) < 4.78 is 0. The summed E-state index contributed by atoms with van der Waals surface area (Å²) >= 11 is 3.32. The monoisotopic (exact) mass is 312 g/mol. The van der Waals surface area contributed by atoms with Gasteiger partial charge in [0.05, 0.1) is 0 Å². The Labute approximate surface area is 127 Å². The van der Waals surface area contributed by atoms with E-state index in [1.54, 1.807) is 0 Å². The van der Waals surface area contributed by atoms with Crippen LogP contribution >= 0.6 is 23.1 Å². The molecule has 1 aromatic rings. The van der Waals surface area contributed by atoms with Gasteiger partial charge in [0.1, 0.15) is 10.7 Å². The Morgan fingerprint density at radius 1 is 1.35 bits per heavy atom. The first kappa shape index (κ1) is 14.0. The zero-order chi connectivity index (χ0) is 14.3. The number of hydrogen-bond acceptors (Lipinski definition) is 6. The molecule has 3 rings (SSSR count). The maximum atomic E-state index is 12.6. The summed E-state index contributed by atoms with van der Waals surface area (Å²) in [4.78, 5) is 19.4. The Bertz CT molecular complexity index is 504. The van der Waals surface area contributed by atoms with Gasteiger partial charge in [-0.25, -0.2) is 4.98 Å². The van der Waals surface area contributed by atoms with Crippen molar-refractivity contribution in [1.82, 2.24) is 9.88 Å². The summed E-state index contributed by atoms with van der Waals surface area (Å²) in [6, 6.07) is 0.523. The number of nitrogens with two attached hydrogens (primary N) is 1. The molecule has 2 atom stereocenters. The van der Waals surface area contributed by atoms with E-state index >= 15 is 0 Å². The molecular formula is C13H20N4OS2. The summed E-state index contributed by atoms with van der Waals surface area (Å²) in [5, 5.41) is 5.03. The van der Waals surface area contributed by atoms with Gasteiger partial charge in [0.2, 0.25) is 0 Å². The number of thioether (sulfide) groups is 1. The number of nitrogens with zero attached hydrogens (tertiary/aromatic N) is 2. The van der Waals surface area contributed by atoms with Gasteiger partial charge in [0.15, 0.2) is 5.13 Å². The van der Waals surface area contributed by atoms with E-state index in [0.29, 0.717) is 27.2 Å². The van der Waals surface area contributed by atoms with Gasteiger partial charge < -0.3 is 16.0 Å². The van der Waals surface area contributed by atoms with Crippen LogP contribution in [-0.2, 0) is 0 Å². The first-order chi connectivity index (χ1) is 9.52. The van der Waals surface area contributed by atoms with Crippen LogP contribution in [0.2, 0.25) is 0 Å². The van der Waals surface area contributed by atoms with E-state index in [0.717, 1.165) is 18.2 Å². The number of hydrogen-bond donors (Lipinski definition) is 2. The Kier molecular flexibility index (Phi) is 3.81. The largest absolute Gasteiger partial charge is 0.382 e. The van der Waals surface area contributed by atoms with Crippen LogP contribution in [0.1, 0.15) is 36.4 Å². The minimum Gasteiger partial charge on any atom is -0.382 e. The van der Waals surface area contributed by atoms with Crippen LogP contribution in [-0.4, -0.2) is 45.4 Å². The van der Waals surface area contributed by atoms with E-state index in [1.165, 1.54) is 24.2 Å². The van der Waals surface area contributed by atoms with Crippen LogP contribution in [0.3, 0.4) is 0 Å². The standard InChI is InChI=1S/C13H20N4OS2/c1-7-5-17(6-8(2)19-7)12(18)10-11(14)16-13(20-10)15-9-3-4-9/h7-9H,3-6,14H2,1-2H3,(H,15,16). The predicted octanol–water partition coefficient (Wildman–Crippen LogP) is 2.27. The molecule has 1 aromatic heterocycles.